The van der Waals surface area contributed by atoms with Gasteiger partial charge in [0.1, 0.15) is 11.2 Å². The Bertz CT molecular complexity index is 2070. The second kappa shape index (κ2) is 15.5. The van der Waals surface area contributed by atoms with Gasteiger partial charge in [-0.05, 0) is 66.2 Å². The molecule has 15 heteroatoms. The smallest absolute Gasteiger partial charge is 0.410 e. The minimum Gasteiger partial charge on any atom is -0.481 e. The molecule has 6 rings (SSSR count). The summed E-state index contributed by atoms with van der Waals surface area (Å²) >= 11 is 14.3. The van der Waals surface area contributed by atoms with E-state index in [2.05, 4.69) is 15.5 Å². The number of halogens is 2. The highest BCUT2D eigenvalue weighted by atomic mass is 35.5. The predicted molar refractivity (Wildman–Crippen MR) is 205 cm³/mol. The molecule has 2 aliphatic rings. The summed E-state index contributed by atoms with van der Waals surface area (Å²) in [6, 6.07) is 14.8. The van der Waals surface area contributed by atoms with Crippen LogP contribution in [-0.4, -0.2) is 85.1 Å². The monoisotopic (exact) mass is 777 g/mol. The van der Waals surface area contributed by atoms with Crippen LogP contribution in [0, 0.1) is 0 Å². The molecule has 0 bridgehead atoms. The highest BCUT2D eigenvalue weighted by Gasteiger charge is 2.31. The zero-order valence-corrected chi connectivity index (χ0v) is 33.0. The largest absolute Gasteiger partial charge is 0.481 e. The Morgan fingerprint density at radius 1 is 0.889 bits per heavy atom. The third-order valence-corrected chi connectivity index (χ3v) is 9.69. The average Bonchev–Trinajstić information content (AvgIpc) is 3.72. The van der Waals surface area contributed by atoms with E-state index in [-0.39, 0.29) is 31.6 Å². The topological polar surface area (TPSA) is 141 Å². The van der Waals surface area contributed by atoms with Gasteiger partial charge >= 0.3 is 12.2 Å². The number of ether oxygens (including phenoxy) is 3. The van der Waals surface area contributed by atoms with Gasteiger partial charge in [0.15, 0.2) is 11.6 Å². The van der Waals surface area contributed by atoms with Gasteiger partial charge in [-0.3, -0.25) is 9.69 Å². The molecule has 0 aliphatic carbocycles. The first kappa shape index (κ1) is 38.8. The van der Waals surface area contributed by atoms with Crippen LogP contribution in [0.4, 0.5) is 9.59 Å². The Balaban J connectivity index is 1.26. The number of hydrogen-bond acceptors (Lipinski definition) is 9. The number of rotatable bonds is 8. The minimum absolute atomic E-state index is 0.0366. The maximum atomic E-state index is 13.3. The highest BCUT2D eigenvalue weighted by Crippen LogP contribution is 2.42. The van der Waals surface area contributed by atoms with E-state index in [1.165, 1.54) is 7.11 Å². The van der Waals surface area contributed by atoms with E-state index in [4.69, 9.17) is 42.4 Å². The molecule has 1 fully saturated rings. The van der Waals surface area contributed by atoms with E-state index in [9.17, 15) is 14.4 Å². The molecule has 2 aromatic heterocycles. The minimum atomic E-state index is -0.704. The fourth-order valence-electron chi connectivity index (χ4n) is 6.42. The molecule has 2 aliphatic heterocycles. The highest BCUT2D eigenvalue weighted by molar-refractivity contribution is 6.39. The molecule has 1 saturated heterocycles. The Labute approximate surface area is 324 Å². The molecule has 1 atom stereocenters. The summed E-state index contributed by atoms with van der Waals surface area (Å²) in [5.41, 5.74) is 2.62. The lowest BCUT2D eigenvalue weighted by molar-refractivity contribution is -0.119. The third kappa shape index (κ3) is 8.73. The van der Waals surface area contributed by atoms with Crippen molar-refractivity contribution in [2.45, 2.75) is 91.3 Å². The molecule has 4 heterocycles. The Morgan fingerprint density at radius 2 is 1.54 bits per heavy atom. The number of fused-ring (bicyclic) bond motifs is 1. The molecule has 1 N–H and O–H groups in total. The van der Waals surface area contributed by atoms with Crippen molar-refractivity contribution in [3.63, 3.8) is 0 Å². The van der Waals surface area contributed by atoms with Gasteiger partial charge in [-0.25, -0.2) is 14.6 Å². The van der Waals surface area contributed by atoms with Crippen molar-refractivity contribution >= 4 is 41.3 Å². The number of methoxy groups -OCH3 is 1. The van der Waals surface area contributed by atoms with Crippen molar-refractivity contribution in [3.05, 3.63) is 70.0 Å². The van der Waals surface area contributed by atoms with Gasteiger partial charge in [0.05, 0.1) is 35.9 Å². The Morgan fingerprint density at radius 3 is 2.17 bits per heavy atom. The summed E-state index contributed by atoms with van der Waals surface area (Å²) in [5.74, 6) is 1.50. The van der Waals surface area contributed by atoms with Crippen molar-refractivity contribution in [3.8, 4) is 39.7 Å². The van der Waals surface area contributed by atoms with Crippen molar-refractivity contribution < 1.29 is 28.6 Å². The third-order valence-electron chi connectivity index (χ3n) is 8.88. The van der Waals surface area contributed by atoms with Crippen LogP contribution in [0.2, 0.25) is 10.0 Å². The van der Waals surface area contributed by atoms with Crippen molar-refractivity contribution in [1.29, 1.82) is 0 Å². The lowest BCUT2D eigenvalue weighted by Gasteiger charge is -2.30. The van der Waals surface area contributed by atoms with Crippen LogP contribution in [0.15, 0.2) is 48.5 Å². The number of pyridine rings is 1. The molecule has 3 amide bonds. The Hall–Kier alpha value is -4.88. The van der Waals surface area contributed by atoms with Gasteiger partial charge in [-0.1, -0.05) is 53.5 Å². The average molecular weight is 779 g/mol. The quantitative estimate of drug-likeness (QED) is 0.190. The van der Waals surface area contributed by atoms with Crippen LogP contribution >= 0.6 is 23.2 Å². The lowest BCUT2D eigenvalue weighted by atomic mass is 9.98. The number of aromatic nitrogens is 4. The fourth-order valence-corrected chi connectivity index (χ4v) is 7.06. The van der Waals surface area contributed by atoms with Gasteiger partial charge < -0.3 is 29.0 Å². The first-order valence-electron chi connectivity index (χ1n) is 17.8. The molecule has 0 spiro atoms. The zero-order valence-electron chi connectivity index (χ0n) is 31.5. The molecule has 0 saturated carbocycles. The first-order chi connectivity index (χ1) is 25.5. The van der Waals surface area contributed by atoms with Crippen molar-refractivity contribution in [2.24, 2.45) is 0 Å². The summed E-state index contributed by atoms with van der Waals surface area (Å²) in [6.45, 7) is 12.5. The van der Waals surface area contributed by atoms with Gasteiger partial charge in [0.25, 0.3) is 0 Å². The van der Waals surface area contributed by atoms with Crippen molar-refractivity contribution in [2.75, 3.05) is 20.2 Å². The van der Waals surface area contributed by atoms with Gasteiger partial charge in [-0.2, -0.15) is 0 Å². The number of nitrogens with zero attached hydrogens (tertiary/aromatic N) is 6. The van der Waals surface area contributed by atoms with Crippen LogP contribution in [0.1, 0.15) is 65.8 Å². The second-order valence-electron chi connectivity index (χ2n) is 15.4. The molecule has 286 valence electrons. The summed E-state index contributed by atoms with van der Waals surface area (Å²) in [6.07, 6.45) is 0.150. The fraction of sp³-hybridized carbons (Fsp3) is 0.436. The van der Waals surface area contributed by atoms with Crippen LogP contribution in [0.5, 0.6) is 5.88 Å². The molecule has 13 nitrogen and oxygen atoms in total. The van der Waals surface area contributed by atoms with Crippen molar-refractivity contribution in [1.82, 2.24) is 34.9 Å². The van der Waals surface area contributed by atoms with E-state index in [0.29, 0.717) is 87.0 Å². The Kier molecular flexibility index (Phi) is 11.1. The SMILES string of the molecule is COc1nc(-c2cccc(-c3cccc(-c4nnc5n4CCN(C(=O)OC(C)(C)C)C5)c3Cl)c2Cl)ccc1CN(C[C@@H]1CCC(=O)N1)C(=O)OC(C)(C)C. The molecular formula is C39H45Cl2N7O6. The van der Waals surface area contributed by atoms with Crippen LogP contribution in [0.25, 0.3) is 33.8 Å². The second-order valence-corrected chi connectivity index (χ2v) is 16.1. The molecule has 0 radical (unpaired) electrons. The van der Waals surface area contributed by atoms with Crippen LogP contribution < -0.4 is 10.1 Å². The number of carbonyl (C=O) groups is 3. The normalized spacial score (nSPS) is 15.8. The molecular weight excluding hydrogens is 733 g/mol. The maximum absolute atomic E-state index is 13.3. The van der Waals surface area contributed by atoms with E-state index in [1.807, 2.05) is 94.6 Å². The summed E-state index contributed by atoms with van der Waals surface area (Å²) < 4.78 is 18.9. The summed E-state index contributed by atoms with van der Waals surface area (Å²) in [4.78, 5) is 45.9. The summed E-state index contributed by atoms with van der Waals surface area (Å²) in [5, 5.41) is 12.7. The number of carbonyl (C=O) groups excluding carboxylic acids is 3. The number of amides is 3. The number of benzene rings is 2. The first-order valence-corrected chi connectivity index (χ1v) is 18.6. The van der Waals surface area contributed by atoms with Crippen LogP contribution in [0.3, 0.4) is 0 Å². The summed E-state index contributed by atoms with van der Waals surface area (Å²) in [7, 11) is 1.52. The standard InChI is InChI=1S/C39H45Cl2N7O6/c1-38(2,3)53-36(50)46-18-19-48-30(22-46)44-45-34(48)28-13-9-11-26(33(28)41)25-10-8-12-27(32(25)40)29-16-14-23(35(43-29)52-7)20-47(37(51)54-39(4,5)6)21-24-15-17-31(49)42-24/h8-14,16,24H,15,17-22H2,1-7H3,(H,42,49)/t24-/m0/s1. The van der Waals surface area contributed by atoms with E-state index < -0.39 is 23.4 Å². The van der Waals surface area contributed by atoms with Gasteiger partial charge in [-0.15, -0.1) is 10.2 Å². The molecule has 0 unspecified atom stereocenters. The van der Waals surface area contributed by atoms with E-state index >= 15 is 0 Å². The molecule has 54 heavy (non-hydrogen) atoms. The van der Waals surface area contributed by atoms with E-state index in [0.717, 1.165) is 0 Å². The van der Waals surface area contributed by atoms with Gasteiger partial charge in [0, 0.05) is 59.9 Å². The number of hydrogen-bond donors (Lipinski definition) is 1. The number of nitrogens with one attached hydrogen (secondary N) is 1. The maximum Gasteiger partial charge on any atom is 0.410 e. The van der Waals surface area contributed by atoms with Crippen LogP contribution in [-0.2, 0) is 33.9 Å². The van der Waals surface area contributed by atoms with E-state index in [1.54, 1.807) is 9.80 Å². The molecule has 4 aromatic rings. The molecule has 2 aromatic carbocycles. The predicted octanol–water partition coefficient (Wildman–Crippen LogP) is 7.76. The lowest BCUT2D eigenvalue weighted by Crippen LogP contribution is -2.43. The zero-order chi connectivity index (χ0) is 38.9. The van der Waals surface area contributed by atoms with Gasteiger partial charge in [0.2, 0.25) is 11.8 Å².